The van der Waals surface area contributed by atoms with Gasteiger partial charge in [0.1, 0.15) is 16.3 Å². The zero-order valence-corrected chi connectivity index (χ0v) is 17.4. The summed E-state index contributed by atoms with van der Waals surface area (Å²) in [7, 11) is 0. The lowest BCUT2D eigenvalue weighted by atomic mass is 10.2. The molecule has 156 valence electrons. The first kappa shape index (κ1) is 19.5. The van der Waals surface area contributed by atoms with Crippen LogP contribution < -0.4 is 5.32 Å². The van der Waals surface area contributed by atoms with E-state index in [4.69, 9.17) is 9.15 Å². The Hall–Kier alpha value is -3.49. The van der Waals surface area contributed by atoms with E-state index in [-0.39, 0.29) is 17.6 Å². The minimum atomic E-state index is -0.359. The third-order valence-electron chi connectivity index (χ3n) is 5.02. The number of carbonyl (C=O) groups excluding carboxylic acids is 2. The molecule has 2 amide bonds. The van der Waals surface area contributed by atoms with Crippen LogP contribution in [0.2, 0.25) is 0 Å². The van der Waals surface area contributed by atoms with Crippen LogP contribution in [0, 0.1) is 0 Å². The molecule has 0 spiro atoms. The molecule has 1 aliphatic heterocycles. The molecule has 2 aromatic carbocycles. The topological polar surface area (TPSA) is 84.7 Å². The normalized spacial score (nSPS) is 14.5. The second-order valence-corrected chi connectivity index (χ2v) is 8.11. The monoisotopic (exact) mass is 433 g/mol. The van der Waals surface area contributed by atoms with Gasteiger partial charge in [-0.3, -0.25) is 9.59 Å². The number of nitrogens with one attached hydrogen (secondary N) is 1. The van der Waals surface area contributed by atoms with Crippen molar-refractivity contribution in [3.63, 3.8) is 0 Å². The number of hydrogen-bond donors (Lipinski definition) is 1. The van der Waals surface area contributed by atoms with E-state index < -0.39 is 0 Å². The molecule has 4 aromatic rings. The molecule has 7 nitrogen and oxygen atoms in total. The van der Waals surface area contributed by atoms with Crippen molar-refractivity contribution in [1.82, 2.24) is 9.88 Å². The number of aromatic nitrogens is 1. The van der Waals surface area contributed by atoms with Gasteiger partial charge < -0.3 is 19.4 Å². The van der Waals surface area contributed by atoms with Crippen molar-refractivity contribution in [3.8, 4) is 0 Å². The quantitative estimate of drug-likeness (QED) is 0.489. The summed E-state index contributed by atoms with van der Waals surface area (Å²) in [4.78, 5) is 31.9. The van der Waals surface area contributed by atoms with Gasteiger partial charge in [0.05, 0.1) is 23.4 Å². The number of carbonyl (C=O) groups is 2. The number of hydrogen-bond acceptors (Lipinski definition) is 6. The Labute approximate surface area is 181 Å². The number of amides is 2. The Bertz CT molecular complexity index is 1270. The fourth-order valence-corrected chi connectivity index (χ4v) is 4.37. The van der Waals surface area contributed by atoms with Gasteiger partial charge in [-0.05, 0) is 30.3 Å². The Morgan fingerprint density at radius 3 is 2.68 bits per heavy atom. The minimum Gasteiger partial charge on any atom is -0.449 e. The van der Waals surface area contributed by atoms with Crippen LogP contribution in [0.15, 0.2) is 59.0 Å². The first-order chi connectivity index (χ1) is 15.2. The number of para-hydroxylation sites is 2. The molecule has 8 heteroatoms. The van der Waals surface area contributed by atoms with Crippen molar-refractivity contribution in [2.75, 3.05) is 31.6 Å². The predicted octanol–water partition coefficient (Wildman–Crippen LogP) is 4.17. The fraction of sp³-hybridized carbons (Fsp3) is 0.174. The number of benzene rings is 2. The summed E-state index contributed by atoms with van der Waals surface area (Å²) in [5.74, 6) is -0.489. The largest absolute Gasteiger partial charge is 0.449 e. The molecular weight excluding hydrogens is 414 g/mol. The van der Waals surface area contributed by atoms with Crippen LogP contribution >= 0.6 is 11.3 Å². The van der Waals surface area contributed by atoms with E-state index in [1.54, 1.807) is 17.0 Å². The van der Waals surface area contributed by atoms with Crippen molar-refractivity contribution < 1.29 is 18.7 Å². The maximum Gasteiger partial charge on any atom is 0.291 e. The summed E-state index contributed by atoms with van der Waals surface area (Å²) >= 11 is 1.51. The van der Waals surface area contributed by atoms with Gasteiger partial charge in [0.15, 0.2) is 0 Å². The summed E-state index contributed by atoms with van der Waals surface area (Å²) in [6.07, 6.45) is 3.09. The van der Waals surface area contributed by atoms with Crippen LogP contribution in [0.3, 0.4) is 0 Å². The summed E-state index contributed by atoms with van der Waals surface area (Å²) in [6, 6.07) is 15.1. The van der Waals surface area contributed by atoms with Gasteiger partial charge in [0, 0.05) is 24.6 Å². The van der Waals surface area contributed by atoms with E-state index >= 15 is 0 Å². The number of anilines is 1. The van der Waals surface area contributed by atoms with Gasteiger partial charge >= 0.3 is 0 Å². The van der Waals surface area contributed by atoms with Crippen LogP contribution in [-0.2, 0) is 9.53 Å². The van der Waals surface area contributed by atoms with Gasteiger partial charge in [-0.2, -0.15) is 0 Å². The van der Waals surface area contributed by atoms with E-state index in [0.717, 1.165) is 15.2 Å². The second kappa shape index (κ2) is 8.33. The van der Waals surface area contributed by atoms with Crippen molar-refractivity contribution in [3.05, 3.63) is 65.4 Å². The smallest absolute Gasteiger partial charge is 0.291 e. The number of furan rings is 1. The van der Waals surface area contributed by atoms with Crippen molar-refractivity contribution in [2.45, 2.75) is 0 Å². The number of rotatable bonds is 4. The standard InChI is InChI=1S/C23H19N3O4S/c27-19(9-10-20-24-16-6-2-4-8-18(16)31-20)25-21-15-5-1-3-7-17(15)30-22(21)23(28)26-11-13-29-14-12-26/h1-10H,11-14H2,(H,25,27)/b10-9+. The molecular formula is C23H19N3O4S. The van der Waals surface area contributed by atoms with Crippen LogP contribution in [0.5, 0.6) is 0 Å². The summed E-state index contributed by atoms with van der Waals surface area (Å²) in [5, 5.41) is 4.25. The van der Waals surface area contributed by atoms with Crippen LogP contribution in [-0.4, -0.2) is 48.0 Å². The highest BCUT2D eigenvalue weighted by Crippen LogP contribution is 2.32. The number of fused-ring (bicyclic) bond motifs is 2. The molecule has 0 bridgehead atoms. The Balaban J connectivity index is 1.42. The zero-order valence-electron chi connectivity index (χ0n) is 16.5. The molecule has 1 fully saturated rings. The molecule has 0 aliphatic carbocycles. The molecule has 1 aliphatic rings. The summed E-state index contributed by atoms with van der Waals surface area (Å²) in [5.41, 5.74) is 1.82. The van der Waals surface area contributed by atoms with Gasteiger partial charge in [0.25, 0.3) is 5.91 Å². The summed E-state index contributed by atoms with van der Waals surface area (Å²) in [6.45, 7) is 1.94. The van der Waals surface area contributed by atoms with Crippen molar-refractivity contribution >= 4 is 56.1 Å². The van der Waals surface area contributed by atoms with E-state index in [0.29, 0.717) is 43.0 Å². The lowest BCUT2D eigenvalue weighted by Gasteiger charge is -2.26. The van der Waals surface area contributed by atoms with E-state index in [9.17, 15) is 9.59 Å². The molecule has 3 heterocycles. The highest BCUT2D eigenvalue weighted by molar-refractivity contribution is 7.19. The Kier molecular flexibility index (Phi) is 5.23. The Morgan fingerprint density at radius 2 is 1.84 bits per heavy atom. The molecule has 31 heavy (non-hydrogen) atoms. The highest BCUT2D eigenvalue weighted by Gasteiger charge is 2.27. The fourth-order valence-electron chi connectivity index (χ4n) is 3.50. The molecule has 2 aromatic heterocycles. The van der Waals surface area contributed by atoms with Crippen molar-refractivity contribution in [1.29, 1.82) is 0 Å². The molecule has 0 saturated carbocycles. The number of nitrogens with zero attached hydrogens (tertiary/aromatic N) is 2. The zero-order chi connectivity index (χ0) is 21.2. The maximum atomic E-state index is 13.0. The third-order valence-corrected chi connectivity index (χ3v) is 6.03. The molecule has 0 atom stereocenters. The predicted molar refractivity (Wildman–Crippen MR) is 120 cm³/mol. The van der Waals surface area contributed by atoms with E-state index in [1.807, 2.05) is 42.5 Å². The molecule has 5 rings (SSSR count). The first-order valence-electron chi connectivity index (χ1n) is 9.92. The van der Waals surface area contributed by atoms with E-state index in [1.165, 1.54) is 17.4 Å². The molecule has 0 radical (unpaired) electrons. The molecule has 1 N–H and O–H groups in total. The van der Waals surface area contributed by atoms with Crippen LogP contribution in [0.25, 0.3) is 27.3 Å². The van der Waals surface area contributed by atoms with Crippen LogP contribution in [0.4, 0.5) is 5.69 Å². The maximum absolute atomic E-state index is 13.0. The van der Waals surface area contributed by atoms with Gasteiger partial charge in [0.2, 0.25) is 11.7 Å². The van der Waals surface area contributed by atoms with Gasteiger partial charge in [-0.1, -0.05) is 24.3 Å². The molecule has 1 saturated heterocycles. The lowest BCUT2D eigenvalue weighted by Crippen LogP contribution is -2.40. The highest BCUT2D eigenvalue weighted by atomic mass is 32.1. The number of thiazole rings is 1. The SMILES string of the molecule is O=C(/C=C/c1nc2ccccc2s1)Nc1c(C(=O)N2CCOCC2)oc2ccccc12. The minimum absolute atomic E-state index is 0.129. The molecule has 0 unspecified atom stereocenters. The Morgan fingerprint density at radius 1 is 1.06 bits per heavy atom. The average molecular weight is 433 g/mol. The number of morpholine rings is 1. The first-order valence-corrected chi connectivity index (χ1v) is 10.7. The van der Waals surface area contributed by atoms with Crippen LogP contribution in [0.1, 0.15) is 15.6 Å². The van der Waals surface area contributed by atoms with Gasteiger partial charge in [-0.25, -0.2) is 4.98 Å². The third kappa shape index (κ3) is 3.95. The van der Waals surface area contributed by atoms with Gasteiger partial charge in [-0.15, -0.1) is 11.3 Å². The number of ether oxygens (including phenoxy) is 1. The lowest BCUT2D eigenvalue weighted by molar-refractivity contribution is -0.111. The average Bonchev–Trinajstić information content (AvgIpc) is 3.39. The van der Waals surface area contributed by atoms with Crippen molar-refractivity contribution in [2.24, 2.45) is 0 Å². The van der Waals surface area contributed by atoms with E-state index in [2.05, 4.69) is 10.3 Å². The summed E-state index contributed by atoms with van der Waals surface area (Å²) < 4.78 is 12.2. The second-order valence-electron chi connectivity index (χ2n) is 7.05.